The Labute approximate surface area is 178 Å². The second-order valence-electron chi connectivity index (χ2n) is 7.90. The van der Waals surface area contributed by atoms with Crippen molar-refractivity contribution in [1.82, 2.24) is 9.88 Å². The minimum Gasteiger partial charge on any atom is -0.500 e. The largest absolute Gasteiger partial charge is 0.500 e. The highest BCUT2D eigenvalue weighted by Gasteiger charge is 2.36. The van der Waals surface area contributed by atoms with Crippen LogP contribution in [0.2, 0.25) is 0 Å². The van der Waals surface area contributed by atoms with E-state index in [0.29, 0.717) is 30.8 Å². The zero-order valence-electron chi connectivity index (χ0n) is 18.3. The lowest BCUT2D eigenvalue weighted by Gasteiger charge is -2.19. The van der Waals surface area contributed by atoms with E-state index in [9.17, 15) is 9.59 Å². The summed E-state index contributed by atoms with van der Waals surface area (Å²) in [6.07, 6.45) is 2.76. The summed E-state index contributed by atoms with van der Waals surface area (Å²) < 4.78 is 5.61. The van der Waals surface area contributed by atoms with Crippen molar-refractivity contribution >= 4 is 23.2 Å². The monoisotopic (exact) mass is 407 g/mol. The highest BCUT2D eigenvalue weighted by molar-refractivity contribution is 6.25. The predicted octanol–water partition coefficient (Wildman–Crippen LogP) is 4.51. The smallest absolute Gasteiger partial charge is 0.322 e. The number of aromatic nitrogens is 1. The number of carbonyl (C=O) groups excluding carboxylic acids is 2. The lowest BCUT2D eigenvalue weighted by molar-refractivity contribution is -0.116. The molecule has 1 aliphatic rings. The second kappa shape index (κ2) is 9.11. The van der Waals surface area contributed by atoms with Crippen molar-refractivity contribution in [2.75, 3.05) is 26.0 Å². The first kappa shape index (κ1) is 21.6. The molecular weight excluding hydrogens is 378 g/mol. The lowest BCUT2D eigenvalue weighted by atomic mass is 9.90. The number of hydrogen-bond acceptors (Lipinski definition) is 4. The number of nitrogens with one attached hydrogen (secondary N) is 1. The van der Waals surface area contributed by atoms with Crippen LogP contribution in [0, 0.1) is 26.7 Å². The van der Waals surface area contributed by atoms with Crippen LogP contribution in [0.5, 0.6) is 0 Å². The number of allylic oxidation sites excluding steroid dienone is 2. The molecular formula is C24H29N3O3. The van der Waals surface area contributed by atoms with Crippen LogP contribution in [0.15, 0.2) is 42.3 Å². The van der Waals surface area contributed by atoms with E-state index in [0.717, 1.165) is 22.4 Å². The number of rotatable bonds is 6. The molecule has 2 amide bonds. The van der Waals surface area contributed by atoms with Gasteiger partial charge in [-0.25, -0.2) is 9.78 Å². The number of ketones is 1. The molecule has 30 heavy (non-hydrogen) atoms. The number of amides is 2. The second-order valence-corrected chi connectivity index (χ2v) is 7.90. The molecule has 0 radical (unpaired) electrons. The molecule has 158 valence electrons. The molecule has 1 aromatic heterocycles. The van der Waals surface area contributed by atoms with E-state index >= 15 is 0 Å². The average molecular weight is 408 g/mol. The number of anilines is 1. The summed E-state index contributed by atoms with van der Waals surface area (Å²) in [6, 6.07) is 9.29. The van der Waals surface area contributed by atoms with E-state index in [-0.39, 0.29) is 17.7 Å². The third kappa shape index (κ3) is 4.53. The van der Waals surface area contributed by atoms with Crippen LogP contribution in [0.1, 0.15) is 35.1 Å². The zero-order chi connectivity index (χ0) is 21.8. The van der Waals surface area contributed by atoms with Gasteiger partial charge in [-0.15, -0.1) is 0 Å². The third-order valence-electron chi connectivity index (χ3n) is 5.56. The first-order valence-electron chi connectivity index (χ1n) is 10.1. The third-order valence-corrected chi connectivity index (χ3v) is 5.56. The first-order valence-corrected chi connectivity index (χ1v) is 10.1. The van der Waals surface area contributed by atoms with Crippen LogP contribution in [0.4, 0.5) is 10.6 Å². The van der Waals surface area contributed by atoms with Crippen molar-refractivity contribution in [2.45, 2.75) is 33.6 Å². The highest BCUT2D eigenvalue weighted by Crippen LogP contribution is 2.39. The molecule has 1 aliphatic carbocycles. The van der Waals surface area contributed by atoms with Gasteiger partial charge in [0.15, 0.2) is 5.78 Å². The SMILES string of the molecule is COC1=C(c2c(C)cc(C)cc2C)C(=O)C(CCN(C)C(=O)Nc2ccccn2)C1. The summed E-state index contributed by atoms with van der Waals surface area (Å²) in [6.45, 7) is 6.59. The van der Waals surface area contributed by atoms with Gasteiger partial charge in [-0.1, -0.05) is 23.8 Å². The quantitative estimate of drug-likeness (QED) is 0.765. The van der Waals surface area contributed by atoms with Gasteiger partial charge in [0, 0.05) is 32.1 Å². The van der Waals surface area contributed by atoms with Gasteiger partial charge in [-0.05, 0) is 56.0 Å². The minimum atomic E-state index is -0.246. The Morgan fingerprint density at radius 2 is 1.93 bits per heavy atom. The summed E-state index contributed by atoms with van der Waals surface area (Å²) in [4.78, 5) is 31.3. The minimum absolute atomic E-state index is 0.0976. The Bertz CT molecular complexity index is 959. The molecule has 0 bridgehead atoms. The fraction of sp³-hybridized carbons (Fsp3) is 0.375. The maximum atomic E-state index is 13.3. The predicted molar refractivity (Wildman–Crippen MR) is 118 cm³/mol. The molecule has 3 rings (SSSR count). The van der Waals surface area contributed by atoms with Gasteiger partial charge in [0.05, 0.1) is 12.7 Å². The van der Waals surface area contributed by atoms with Crippen molar-refractivity contribution in [2.24, 2.45) is 5.92 Å². The Hall–Kier alpha value is -3.15. The van der Waals surface area contributed by atoms with Gasteiger partial charge in [-0.3, -0.25) is 10.1 Å². The summed E-state index contributed by atoms with van der Waals surface area (Å²) in [7, 11) is 3.34. The number of pyridine rings is 1. The summed E-state index contributed by atoms with van der Waals surface area (Å²) in [5.41, 5.74) is 5.01. The van der Waals surface area contributed by atoms with Crippen molar-refractivity contribution in [3.63, 3.8) is 0 Å². The van der Waals surface area contributed by atoms with E-state index in [1.807, 2.05) is 19.9 Å². The average Bonchev–Trinajstić information content (AvgIpc) is 3.01. The van der Waals surface area contributed by atoms with Crippen LogP contribution >= 0.6 is 0 Å². The molecule has 0 saturated carbocycles. The van der Waals surface area contributed by atoms with E-state index in [1.165, 1.54) is 5.56 Å². The van der Waals surface area contributed by atoms with E-state index in [1.54, 1.807) is 37.4 Å². The molecule has 6 heteroatoms. The highest BCUT2D eigenvalue weighted by atomic mass is 16.5. The van der Waals surface area contributed by atoms with Gasteiger partial charge in [-0.2, -0.15) is 0 Å². The summed E-state index contributed by atoms with van der Waals surface area (Å²) >= 11 is 0. The topological polar surface area (TPSA) is 71.5 Å². The van der Waals surface area contributed by atoms with Crippen molar-refractivity contribution in [1.29, 1.82) is 0 Å². The van der Waals surface area contributed by atoms with Crippen LogP contribution in [-0.4, -0.2) is 42.4 Å². The number of aryl methyl sites for hydroxylation is 3. The Morgan fingerprint density at radius 1 is 1.23 bits per heavy atom. The molecule has 0 spiro atoms. The lowest BCUT2D eigenvalue weighted by Crippen LogP contribution is -2.33. The van der Waals surface area contributed by atoms with Gasteiger partial charge in [0.25, 0.3) is 0 Å². The van der Waals surface area contributed by atoms with Crippen LogP contribution in [0.25, 0.3) is 5.57 Å². The Morgan fingerprint density at radius 3 is 2.53 bits per heavy atom. The number of nitrogens with zero attached hydrogens (tertiary/aromatic N) is 2. The molecule has 0 saturated heterocycles. The molecule has 0 fully saturated rings. The number of urea groups is 1. The zero-order valence-corrected chi connectivity index (χ0v) is 18.3. The van der Waals surface area contributed by atoms with Crippen molar-refractivity contribution in [3.8, 4) is 0 Å². The number of Topliss-reactive ketones (excluding diaryl/α,β-unsaturated/α-hetero) is 1. The first-order chi connectivity index (χ1) is 14.3. The fourth-order valence-corrected chi connectivity index (χ4v) is 4.11. The van der Waals surface area contributed by atoms with Crippen molar-refractivity contribution < 1.29 is 14.3 Å². The fourth-order valence-electron chi connectivity index (χ4n) is 4.11. The van der Waals surface area contributed by atoms with Gasteiger partial charge in [0.2, 0.25) is 0 Å². The number of hydrogen-bond donors (Lipinski definition) is 1. The van der Waals surface area contributed by atoms with Crippen LogP contribution in [-0.2, 0) is 9.53 Å². The van der Waals surface area contributed by atoms with Crippen LogP contribution in [0.3, 0.4) is 0 Å². The standard InChI is InChI=1S/C24H29N3O3/c1-15-12-16(2)21(17(3)13-15)22-19(30-5)14-18(23(22)28)9-11-27(4)24(29)26-20-8-6-7-10-25-20/h6-8,10,12-13,18H,9,11,14H2,1-5H3,(H,25,26,29). The van der Waals surface area contributed by atoms with Crippen LogP contribution < -0.4 is 5.32 Å². The van der Waals surface area contributed by atoms with Gasteiger partial charge in [0.1, 0.15) is 11.6 Å². The maximum absolute atomic E-state index is 13.3. The van der Waals surface area contributed by atoms with E-state index in [4.69, 9.17) is 4.74 Å². The molecule has 0 aliphatic heterocycles. The van der Waals surface area contributed by atoms with Gasteiger partial charge < -0.3 is 9.64 Å². The maximum Gasteiger partial charge on any atom is 0.322 e. The number of ether oxygens (including phenoxy) is 1. The Balaban J connectivity index is 1.68. The summed E-state index contributed by atoms with van der Waals surface area (Å²) in [5, 5.41) is 2.76. The summed E-state index contributed by atoms with van der Waals surface area (Å²) in [5.74, 6) is 1.14. The molecule has 6 nitrogen and oxygen atoms in total. The van der Waals surface area contributed by atoms with Gasteiger partial charge >= 0.3 is 6.03 Å². The molecule has 1 N–H and O–H groups in total. The number of carbonyl (C=O) groups is 2. The molecule has 1 heterocycles. The molecule has 1 aromatic carbocycles. The Kier molecular flexibility index (Phi) is 6.55. The normalized spacial score (nSPS) is 16.0. The van der Waals surface area contributed by atoms with E-state index in [2.05, 4.69) is 29.4 Å². The van der Waals surface area contributed by atoms with Crippen molar-refractivity contribution in [3.05, 3.63) is 64.5 Å². The number of methoxy groups -OCH3 is 1. The molecule has 1 atom stereocenters. The molecule has 1 unspecified atom stereocenters. The van der Waals surface area contributed by atoms with E-state index < -0.39 is 0 Å². The number of benzene rings is 1. The molecule has 2 aromatic rings.